The Morgan fingerprint density at radius 3 is 2.83 bits per heavy atom. The Kier molecular flexibility index (Phi) is 5.52. The zero-order valence-electron chi connectivity index (χ0n) is 11.4. The maximum Gasteiger partial charge on any atom is 0.202 e. The van der Waals surface area contributed by atoms with Crippen LogP contribution in [-0.4, -0.2) is 29.3 Å². The molecule has 0 aliphatic heterocycles. The van der Waals surface area contributed by atoms with Gasteiger partial charge in [0.2, 0.25) is 5.95 Å². The molecule has 0 amide bonds. The van der Waals surface area contributed by atoms with Gasteiger partial charge in [0.15, 0.2) is 0 Å². The first-order valence-electron chi connectivity index (χ1n) is 7.17. The largest absolute Gasteiger partial charge is 0.385 e. The first-order chi connectivity index (χ1) is 8.90. The third-order valence-electron chi connectivity index (χ3n) is 3.65. The number of hydrogen-bond donors (Lipinski definition) is 1. The predicted molar refractivity (Wildman–Crippen MR) is 73.8 cm³/mol. The minimum Gasteiger partial charge on any atom is -0.385 e. The van der Waals surface area contributed by atoms with Crippen LogP contribution in [-0.2, 0) is 11.3 Å². The number of aryl methyl sites for hydroxylation is 1. The van der Waals surface area contributed by atoms with Crippen molar-refractivity contribution in [2.45, 2.75) is 57.5 Å². The normalized spacial score (nSPS) is 17.6. The van der Waals surface area contributed by atoms with Gasteiger partial charge in [-0.2, -0.15) is 0 Å². The zero-order valence-corrected chi connectivity index (χ0v) is 11.4. The van der Waals surface area contributed by atoms with Crippen molar-refractivity contribution in [3.8, 4) is 0 Å². The minimum absolute atomic E-state index is 0.607. The van der Waals surface area contributed by atoms with E-state index >= 15 is 0 Å². The first-order valence-corrected chi connectivity index (χ1v) is 7.17. The second kappa shape index (κ2) is 7.41. The summed E-state index contributed by atoms with van der Waals surface area (Å²) in [6, 6.07) is 0.607. The number of hydrogen-bond acceptors (Lipinski definition) is 3. The monoisotopic (exact) mass is 251 g/mol. The fourth-order valence-electron chi connectivity index (χ4n) is 2.62. The van der Waals surface area contributed by atoms with Crippen LogP contribution in [0.4, 0.5) is 5.95 Å². The van der Waals surface area contributed by atoms with Crippen LogP contribution in [0.5, 0.6) is 0 Å². The van der Waals surface area contributed by atoms with Gasteiger partial charge in [0, 0.05) is 38.7 Å². The van der Waals surface area contributed by atoms with Crippen LogP contribution in [0.1, 0.15) is 44.9 Å². The maximum atomic E-state index is 5.09. The number of nitrogens with one attached hydrogen (secondary N) is 1. The van der Waals surface area contributed by atoms with Crippen LogP contribution >= 0.6 is 0 Å². The molecule has 0 aromatic carbocycles. The average molecular weight is 251 g/mol. The number of anilines is 1. The molecule has 1 fully saturated rings. The highest BCUT2D eigenvalue weighted by Gasteiger charge is 2.13. The number of methoxy groups -OCH3 is 1. The summed E-state index contributed by atoms with van der Waals surface area (Å²) >= 11 is 0. The standard InChI is InChI=1S/C14H25N3O/c1-18-12-6-10-17-11-9-15-14(17)16-13-7-4-2-3-5-8-13/h9,11,13H,2-8,10,12H2,1H3,(H,15,16). The van der Waals surface area contributed by atoms with Crippen LogP contribution in [0.3, 0.4) is 0 Å². The SMILES string of the molecule is COCCCn1ccnc1NC1CCCCCC1. The van der Waals surface area contributed by atoms with Gasteiger partial charge >= 0.3 is 0 Å². The summed E-state index contributed by atoms with van der Waals surface area (Å²) in [4.78, 5) is 4.43. The average Bonchev–Trinajstić information content (AvgIpc) is 2.65. The van der Waals surface area contributed by atoms with Crippen molar-refractivity contribution in [3.05, 3.63) is 12.4 Å². The molecule has 102 valence electrons. The van der Waals surface area contributed by atoms with Gasteiger partial charge in [0.25, 0.3) is 0 Å². The van der Waals surface area contributed by atoms with Gasteiger partial charge in [-0.15, -0.1) is 0 Å². The van der Waals surface area contributed by atoms with E-state index in [-0.39, 0.29) is 0 Å². The maximum absolute atomic E-state index is 5.09. The Hall–Kier alpha value is -1.03. The molecule has 1 heterocycles. The highest BCUT2D eigenvalue weighted by Crippen LogP contribution is 2.20. The number of aromatic nitrogens is 2. The second-order valence-corrected chi connectivity index (χ2v) is 5.12. The lowest BCUT2D eigenvalue weighted by atomic mass is 10.1. The summed E-state index contributed by atoms with van der Waals surface area (Å²) in [6.45, 7) is 1.78. The predicted octanol–water partition coefficient (Wildman–Crippen LogP) is 3.05. The molecule has 0 bridgehead atoms. The number of ether oxygens (including phenoxy) is 1. The Morgan fingerprint density at radius 2 is 2.11 bits per heavy atom. The Labute approximate surface area is 110 Å². The topological polar surface area (TPSA) is 39.1 Å². The van der Waals surface area contributed by atoms with E-state index in [4.69, 9.17) is 4.74 Å². The molecule has 1 aromatic rings. The highest BCUT2D eigenvalue weighted by molar-refractivity contribution is 5.27. The molecular weight excluding hydrogens is 226 g/mol. The number of rotatable bonds is 6. The summed E-state index contributed by atoms with van der Waals surface area (Å²) in [5, 5.41) is 3.61. The molecule has 0 atom stereocenters. The third kappa shape index (κ3) is 4.02. The molecule has 2 rings (SSSR count). The van der Waals surface area contributed by atoms with Crippen molar-refractivity contribution >= 4 is 5.95 Å². The summed E-state index contributed by atoms with van der Waals surface area (Å²) in [5.41, 5.74) is 0. The molecule has 1 aliphatic carbocycles. The van der Waals surface area contributed by atoms with Gasteiger partial charge in [-0.25, -0.2) is 4.98 Å². The van der Waals surface area contributed by atoms with E-state index in [1.807, 2.05) is 6.20 Å². The fourth-order valence-corrected chi connectivity index (χ4v) is 2.62. The van der Waals surface area contributed by atoms with Crippen molar-refractivity contribution in [3.63, 3.8) is 0 Å². The lowest BCUT2D eigenvalue weighted by Gasteiger charge is -2.18. The minimum atomic E-state index is 0.607. The van der Waals surface area contributed by atoms with E-state index < -0.39 is 0 Å². The summed E-state index contributed by atoms with van der Waals surface area (Å²) in [5.74, 6) is 1.03. The van der Waals surface area contributed by atoms with Crippen molar-refractivity contribution in [2.75, 3.05) is 19.0 Å². The fraction of sp³-hybridized carbons (Fsp3) is 0.786. The molecule has 1 N–H and O–H groups in total. The lowest BCUT2D eigenvalue weighted by Crippen LogP contribution is -2.21. The van der Waals surface area contributed by atoms with Gasteiger partial charge in [-0.05, 0) is 19.3 Å². The molecule has 1 aliphatic rings. The molecule has 4 heteroatoms. The molecule has 0 saturated heterocycles. The molecule has 1 aromatic heterocycles. The van der Waals surface area contributed by atoms with E-state index in [1.54, 1.807) is 7.11 Å². The van der Waals surface area contributed by atoms with E-state index in [1.165, 1.54) is 38.5 Å². The van der Waals surface area contributed by atoms with Crippen LogP contribution in [0, 0.1) is 0 Å². The summed E-state index contributed by atoms with van der Waals surface area (Å²) < 4.78 is 7.29. The van der Waals surface area contributed by atoms with E-state index in [0.29, 0.717) is 6.04 Å². The Bertz CT molecular complexity index is 330. The molecule has 4 nitrogen and oxygen atoms in total. The quantitative estimate of drug-likeness (QED) is 0.624. The van der Waals surface area contributed by atoms with Gasteiger partial charge in [-0.3, -0.25) is 0 Å². The van der Waals surface area contributed by atoms with Crippen LogP contribution in [0.2, 0.25) is 0 Å². The number of nitrogens with zero attached hydrogens (tertiary/aromatic N) is 2. The molecule has 0 radical (unpaired) electrons. The first kappa shape index (κ1) is 13.4. The van der Waals surface area contributed by atoms with Crippen LogP contribution in [0.25, 0.3) is 0 Å². The van der Waals surface area contributed by atoms with Gasteiger partial charge in [-0.1, -0.05) is 25.7 Å². The van der Waals surface area contributed by atoms with E-state index in [0.717, 1.165) is 25.5 Å². The highest BCUT2D eigenvalue weighted by atomic mass is 16.5. The molecule has 1 saturated carbocycles. The van der Waals surface area contributed by atoms with Crippen LogP contribution < -0.4 is 5.32 Å². The van der Waals surface area contributed by atoms with Crippen molar-refractivity contribution in [2.24, 2.45) is 0 Å². The zero-order chi connectivity index (χ0) is 12.6. The Balaban J connectivity index is 1.85. The van der Waals surface area contributed by atoms with Gasteiger partial charge in [0.1, 0.15) is 0 Å². The molecule has 0 spiro atoms. The smallest absolute Gasteiger partial charge is 0.202 e. The summed E-state index contributed by atoms with van der Waals surface area (Å²) in [6.07, 6.45) is 13.0. The van der Waals surface area contributed by atoms with Gasteiger partial charge < -0.3 is 14.6 Å². The van der Waals surface area contributed by atoms with Crippen molar-refractivity contribution < 1.29 is 4.74 Å². The van der Waals surface area contributed by atoms with Gasteiger partial charge in [0.05, 0.1) is 0 Å². The second-order valence-electron chi connectivity index (χ2n) is 5.12. The number of imidazole rings is 1. The Morgan fingerprint density at radius 1 is 1.33 bits per heavy atom. The third-order valence-corrected chi connectivity index (χ3v) is 3.65. The molecule has 18 heavy (non-hydrogen) atoms. The summed E-state index contributed by atoms with van der Waals surface area (Å²) in [7, 11) is 1.75. The lowest BCUT2D eigenvalue weighted by molar-refractivity contribution is 0.190. The van der Waals surface area contributed by atoms with E-state index in [9.17, 15) is 0 Å². The van der Waals surface area contributed by atoms with Crippen molar-refractivity contribution in [1.29, 1.82) is 0 Å². The van der Waals surface area contributed by atoms with Crippen LogP contribution in [0.15, 0.2) is 12.4 Å². The molecular formula is C14H25N3O. The molecule has 0 unspecified atom stereocenters. The van der Waals surface area contributed by atoms with Crippen molar-refractivity contribution in [1.82, 2.24) is 9.55 Å². The van der Waals surface area contributed by atoms with E-state index in [2.05, 4.69) is 21.1 Å².